The summed E-state index contributed by atoms with van der Waals surface area (Å²) in [5.74, 6) is 1.88. The molecular weight excluding hydrogens is 458 g/mol. The number of aromatic nitrogens is 5. The third kappa shape index (κ3) is 4.02. The summed E-state index contributed by atoms with van der Waals surface area (Å²) in [4.78, 5) is 23.3. The van der Waals surface area contributed by atoms with Crippen molar-refractivity contribution in [3.8, 4) is 22.8 Å². The number of hydrogen-bond donors (Lipinski definition) is 1. The molecule has 4 heterocycles. The van der Waals surface area contributed by atoms with Crippen LogP contribution in [0.4, 0.5) is 5.82 Å². The summed E-state index contributed by atoms with van der Waals surface area (Å²) in [6.45, 7) is 1.12. The van der Waals surface area contributed by atoms with Crippen LogP contribution < -0.4 is 10.5 Å². The van der Waals surface area contributed by atoms with Gasteiger partial charge in [-0.2, -0.15) is 5.10 Å². The quantitative estimate of drug-likeness (QED) is 0.393. The van der Waals surface area contributed by atoms with Crippen molar-refractivity contribution >= 4 is 22.8 Å². The maximum Gasteiger partial charge on any atom is 0.292 e. The fraction of sp³-hybridized carbons (Fsp3) is 0.192. The van der Waals surface area contributed by atoms with Crippen LogP contribution in [0.25, 0.3) is 22.3 Å². The molecule has 0 bridgehead atoms. The smallest absolute Gasteiger partial charge is 0.292 e. The molecule has 0 saturated carbocycles. The number of nitrogen functional groups attached to an aromatic ring is 1. The average Bonchev–Trinajstić information content (AvgIpc) is 3.59. The van der Waals surface area contributed by atoms with Crippen molar-refractivity contribution in [2.45, 2.75) is 18.9 Å². The van der Waals surface area contributed by atoms with Crippen LogP contribution in [0.1, 0.15) is 29.4 Å². The average molecular weight is 482 g/mol. The topological polar surface area (TPSA) is 125 Å². The van der Waals surface area contributed by atoms with E-state index in [2.05, 4.69) is 15.1 Å². The Morgan fingerprint density at radius 3 is 2.61 bits per heavy atom. The molecule has 5 aromatic rings. The Kier molecular flexibility index (Phi) is 5.53. The van der Waals surface area contributed by atoms with E-state index in [1.165, 1.54) is 12.5 Å². The Labute approximate surface area is 206 Å². The van der Waals surface area contributed by atoms with Gasteiger partial charge in [0.25, 0.3) is 5.91 Å². The number of hydrogen-bond acceptors (Lipinski definition) is 8. The summed E-state index contributed by atoms with van der Waals surface area (Å²) in [5.41, 5.74) is 8.49. The molecule has 10 nitrogen and oxygen atoms in total. The fourth-order valence-electron chi connectivity index (χ4n) is 4.58. The zero-order valence-electron chi connectivity index (χ0n) is 19.3. The Bertz CT molecular complexity index is 1500. The maximum absolute atomic E-state index is 12.9. The van der Waals surface area contributed by atoms with Gasteiger partial charge in [0, 0.05) is 24.7 Å². The molecule has 0 spiro atoms. The molecule has 0 aliphatic carbocycles. The van der Waals surface area contributed by atoms with Crippen molar-refractivity contribution < 1.29 is 14.1 Å². The van der Waals surface area contributed by atoms with E-state index in [9.17, 15) is 4.79 Å². The standard InChI is InChI=1S/C26H23N7O3/c27-24-22-23(17-8-10-20(11-9-17)35-19-6-2-1-3-7-19)31-33(25(22)29-16-28-24)18-5-4-14-32(15-18)26(34)21-12-13-30-36-21/h1-3,6-13,16,18H,4-5,14-15H2,(H2,27,28,29). The predicted octanol–water partition coefficient (Wildman–Crippen LogP) is 4.33. The van der Waals surface area contributed by atoms with Gasteiger partial charge in [0.2, 0.25) is 5.76 Å². The molecule has 0 radical (unpaired) electrons. The van der Waals surface area contributed by atoms with Crippen molar-refractivity contribution in [1.29, 1.82) is 0 Å². The molecule has 3 aromatic heterocycles. The number of piperidine rings is 1. The lowest BCUT2D eigenvalue weighted by Gasteiger charge is -2.32. The van der Waals surface area contributed by atoms with E-state index in [1.807, 2.05) is 59.3 Å². The number of para-hydroxylation sites is 1. The number of rotatable bonds is 5. The lowest BCUT2D eigenvalue weighted by molar-refractivity contribution is 0.0633. The van der Waals surface area contributed by atoms with E-state index in [-0.39, 0.29) is 17.7 Å². The first-order valence-corrected chi connectivity index (χ1v) is 11.7. The van der Waals surface area contributed by atoms with Crippen molar-refractivity contribution in [3.63, 3.8) is 0 Å². The monoisotopic (exact) mass is 481 g/mol. The molecular formula is C26H23N7O3. The van der Waals surface area contributed by atoms with Crippen molar-refractivity contribution in [2.75, 3.05) is 18.8 Å². The summed E-state index contributed by atoms with van der Waals surface area (Å²) in [5, 5.41) is 9.27. The number of nitrogens with two attached hydrogens (primary N) is 1. The van der Waals surface area contributed by atoms with Crippen LogP contribution in [0.3, 0.4) is 0 Å². The number of fused-ring (bicyclic) bond motifs is 1. The van der Waals surface area contributed by atoms with Gasteiger partial charge in [0.05, 0.1) is 17.6 Å². The maximum atomic E-state index is 12.9. The zero-order chi connectivity index (χ0) is 24.5. The molecule has 10 heteroatoms. The van der Waals surface area contributed by atoms with Gasteiger partial charge in [-0.25, -0.2) is 14.6 Å². The van der Waals surface area contributed by atoms with E-state index in [0.717, 1.165) is 24.2 Å². The number of benzene rings is 2. The first-order valence-electron chi connectivity index (χ1n) is 11.7. The van der Waals surface area contributed by atoms with Gasteiger partial charge in [-0.1, -0.05) is 23.4 Å². The number of nitrogens with zero attached hydrogens (tertiary/aromatic N) is 6. The third-order valence-corrected chi connectivity index (χ3v) is 6.30. The molecule has 1 amide bonds. The van der Waals surface area contributed by atoms with Gasteiger partial charge >= 0.3 is 0 Å². The number of amides is 1. The van der Waals surface area contributed by atoms with Crippen LogP contribution in [-0.2, 0) is 0 Å². The number of carbonyl (C=O) groups excluding carboxylic acids is 1. The van der Waals surface area contributed by atoms with Crippen LogP contribution in [-0.4, -0.2) is 48.8 Å². The molecule has 36 heavy (non-hydrogen) atoms. The highest BCUT2D eigenvalue weighted by atomic mass is 16.5. The van der Waals surface area contributed by atoms with Gasteiger partial charge in [-0.15, -0.1) is 0 Å². The fourth-order valence-corrected chi connectivity index (χ4v) is 4.58. The molecule has 1 aliphatic rings. The lowest BCUT2D eigenvalue weighted by atomic mass is 10.1. The summed E-state index contributed by atoms with van der Waals surface area (Å²) < 4.78 is 12.9. The molecule has 1 saturated heterocycles. The molecule has 6 rings (SSSR count). The first kappa shape index (κ1) is 21.8. The molecule has 2 N–H and O–H groups in total. The highest BCUT2D eigenvalue weighted by Gasteiger charge is 2.30. The van der Waals surface area contributed by atoms with Crippen molar-refractivity contribution in [2.24, 2.45) is 0 Å². The minimum absolute atomic E-state index is 0.0724. The first-order chi connectivity index (χ1) is 17.7. The van der Waals surface area contributed by atoms with E-state index in [4.69, 9.17) is 20.1 Å². The van der Waals surface area contributed by atoms with E-state index < -0.39 is 0 Å². The van der Waals surface area contributed by atoms with Crippen LogP contribution >= 0.6 is 0 Å². The van der Waals surface area contributed by atoms with Gasteiger partial charge in [0.1, 0.15) is 29.3 Å². The van der Waals surface area contributed by atoms with Crippen molar-refractivity contribution in [3.05, 3.63) is 78.9 Å². The molecule has 1 unspecified atom stereocenters. The Morgan fingerprint density at radius 2 is 1.83 bits per heavy atom. The SMILES string of the molecule is Nc1ncnc2c1c(-c1ccc(Oc3ccccc3)cc1)nn2C1CCCN(C(=O)c2ccno2)C1. The zero-order valence-corrected chi connectivity index (χ0v) is 19.3. The van der Waals surface area contributed by atoms with Crippen LogP contribution in [0.2, 0.25) is 0 Å². The summed E-state index contributed by atoms with van der Waals surface area (Å²) in [6.07, 6.45) is 4.59. The Morgan fingerprint density at radius 1 is 1.03 bits per heavy atom. The summed E-state index contributed by atoms with van der Waals surface area (Å²) in [7, 11) is 0. The second kappa shape index (κ2) is 9.14. The second-order valence-corrected chi connectivity index (χ2v) is 8.61. The van der Waals surface area contributed by atoms with Crippen LogP contribution in [0, 0.1) is 0 Å². The van der Waals surface area contributed by atoms with Gasteiger partial charge < -0.3 is 19.9 Å². The number of likely N-dealkylation sites (tertiary alicyclic amines) is 1. The van der Waals surface area contributed by atoms with Gasteiger partial charge in [-0.3, -0.25) is 4.79 Å². The molecule has 1 aliphatic heterocycles. The molecule has 1 atom stereocenters. The minimum atomic E-state index is -0.183. The summed E-state index contributed by atoms with van der Waals surface area (Å²) in [6, 6.07) is 18.8. The third-order valence-electron chi connectivity index (χ3n) is 6.30. The highest BCUT2D eigenvalue weighted by Crippen LogP contribution is 2.35. The van der Waals surface area contributed by atoms with E-state index in [1.54, 1.807) is 11.0 Å². The van der Waals surface area contributed by atoms with Crippen LogP contribution in [0.5, 0.6) is 11.5 Å². The molecule has 2 aromatic carbocycles. The lowest BCUT2D eigenvalue weighted by Crippen LogP contribution is -2.40. The van der Waals surface area contributed by atoms with Crippen molar-refractivity contribution in [1.82, 2.24) is 29.8 Å². The van der Waals surface area contributed by atoms with Gasteiger partial charge in [0.15, 0.2) is 5.65 Å². The highest BCUT2D eigenvalue weighted by molar-refractivity contribution is 5.98. The van der Waals surface area contributed by atoms with E-state index >= 15 is 0 Å². The summed E-state index contributed by atoms with van der Waals surface area (Å²) >= 11 is 0. The Balaban J connectivity index is 1.32. The molecule has 180 valence electrons. The number of carbonyl (C=O) groups is 1. The van der Waals surface area contributed by atoms with Gasteiger partial charge in [-0.05, 0) is 49.2 Å². The minimum Gasteiger partial charge on any atom is -0.457 e. The molecule has 1 fully saturated rings. The van der Waals surface area contributed by atoms with E-state index in [0.29, 0.717) is 41.4 Å². The number of ether oxygens (including phenoxy) is 1. The Hall–Kier alpha value is -4.73. The largest absolute Gasteiger partial charge is 0.457 e. The second-order valence-electron chi connectivity index (χ2n) is 8.61. The van der Waals surface area contributed by atoms with Crippen LogP contribution in [0.15, 0.2) is 77.7 Å². The predicted molar refractivity (Wildman–Crippen MR) is 132 cm³/mol. The number of anilines is 1. The normalized spacial score (nSPS) is 15.8.